The molecule has 0 heterocycles. The molecule has 2 N–H and O–H groups in total. The van der Waals surface area contributed by atoms with E-state index >= 15 is 0 Å². The Morgan fingerprint density at radius 1 is 1.31 bits per heavy atom. The lowest BCUT2D eigenvalue weighted by Crippen LogP contribution is -2.42. The molecule has 13 heavy (non-hydrogen) atoms. The Morgan fingerprint density at radius 3 is 2.54 bits per heavy atom. The molecule has 0 radical (unpaired) electrons. The Bertz CT molecular complexity index is 147. The minimum Gasteiger partial charge on any atom is -0.395 e. The number of rotatable bonds is 3. The van der Waals surface area contributed by atoms with Crippen molar-refractivity contribution in [1.29, 1.82) is 0 Å². The van der Waals surface area contributed by atoms with Crippen molar-refractivity contribution in [2.75, 3.05) is 6.61 Å². The van der Waals surface area contributed by atoms with E-state index < -0.39 is 0 Å². The van der Waals surface area contributed by atoms with Crippen molar-refractivity contribution in [3.8, 4) is 0 Å². The van der Waals surface area contributed by atoms with Crippen molar-refractivity contribution < 1.29 is 5.11 Å². The standard InChI is InChI=1S/C11H23NO/c1-8-4-5-11(6-9(8)2)12-10(3)7-13/h8-13H,4-7H2,1-3H3/t8-,9-,10-,11+/m0/s1. The lowest BCUT2D eigenvalue weighted by molar-refractivity contribution is 0.188. The van der Waals surface area contributed by atoms with Gasteiger partial charge in [0.2, 0.25) is 0 Å². The molecule has 2 nitrogen and oxygen atoms in total. The number of nitrogens with one attached hydrogen (secondary N) is 1. The van der Waals surface area contributed by atoms with E-state index in [0.717, 1.165) is 11.8 Å². The van der Waals surface area contributed by atoms with Crippen molar-refractivity contribution in [3.05, 3.63) is 0 Å². The van der Waals surface area contributed by atoms with Gasteiger partial charge in [0.1, 0.15) is 0 Å². The smallest absolute Gasteiger partial charge is 0.0582 e. The fourth-order valence-corrected chi connectivity index (χ4v) is 2.15. The quantitative estimate of drug-likeness (QED) is 0.702. The molecular weight excluding hydrogens is 162 g/mol. The summed E-state index contributed by atoms with van der Waals surface area (Å²) in [6.45, 7) is 6.97. The molecule has 0 aromatic carbocycles. The largest absolute Gasteiger partial charge is 0.395 e. The van der Waals surface area contributed by atoms with Crippen LogP contribution in [0.5, 0.6) is 0 Å². The van der Waals surface area contributed by atoms with Crippen LogP contribution in [-0.2, 0) is 0 Å². The maximum Gasteiger partial charge on any atom is 0.0582 e. The van der Waals surface area contributed by atoms with Gasteiger partial charge < -0.3 is 10.4 Å². The Kier molecular flexibility index (Phi) is 4.20. The van der Waals surface area contributed by atoms with Crippen LogP contribution < -0.4 is 5.32 Å². The molecule has 4 atom stereocenters. The molecule has 0 saturated heterocycles. The van der Waals surface area contributed by atoms with Crippen molar-refractivity contribution in [3.63, 3.8) is 0 Å². The molecule has 1 aliphatic carbocycles. The molecular formula is C11H23NO. The predicted molar refractivity (Wildman–Crippen MR) is 55.7 cm³/mol. The molecule has 0 spiro atoms. The lowest BCUT2D eigenvalue weighted by Gasteiger charge is -2.34. The van der Waals surface area contributed by atoms with Gasteiger partial charge in [-0.3, -0.25) is 0 Å². The van der Waals surface area contributed by atoms with Crippen LogP contribution in [0.25, 0.3) is 0 Å². The maximum atomic E-state index is 8.92. The molecule has 1 saturated carbocycles. The van der Waals surface area contributed by atoms with Gasteiger partial charge >= 0.3 is 0 Å². The minimum atomic E-state index is 0.250. The summed E-state index contributed by atoms with van der Waals surface area (Å²) in [6.07, 6.45) is 3.87. The zero-order valence-corrected chi connectivity index (χ0v) is 9.09. The molecule has 1 aliphatic rings. The fourth-order valence-electron chi connectivity index (χ4n) is 2.15. The third kappa shape index (κ3) is 3.28. The lowest BCUT2D eigenvalue weighted by atomic mass is 9.79. The van der Waals surface area contributed by atoms with Crippen LogP contribution in [0.3, 0.4) is 0 Å². The number of aliphatic hydroxyl groups is 1. The Labute approximate surface area is 81.7 Å². The minimum absolute atomic E-state index is 0.250. The zero-order chi connectivity index (χ0) is 9.84. The Hall–Kier alpha value is -0.0800. The van der Waals surface area contributed by atoms with Gasteiger partial charge in [-0.15, -0.1) is 0 Å². The van der Waals surface area contributed by atoms with E-state index in [1.165, 1.54) is 19.3 Å². The van der Waals surface area contributed by atoms with E-state index in [1.807, 2.05) is 6.92 Å². The molecule has 2 heteroatoms. The van der Waals surface area contributed by atoms with Gasteiger partial charge in [0.05, 0.1) is 6.61 Å². The highest BCUT2D eigenvalue weighted by Crippen LogP contribution is 2.29. The molecule has 0 amide bonds. The van der Waals surface area contributed by atoms with E-state index in [-0.39, 0.29) is 12.6 Å². The molecule has 0 aromatic rings. The van der Waals surface area contributed by atoms with Gasteiger partial charge in [0.15, 0.2) is 0 Å². The summed E-state index contributed by atoms with van der Waals surface area (Å²) in [5.41, 5.74) is 0. The Balaban J connectivity index is 2.29. The van der Waals surface area contributed by atoms with E-state index in [2.05, 4.69) is 19.2 Å². The van der Waals surface area contributed by atoms with Crippen LogP contribution in [0.15, 0.2) is 0 Å². The zero-order valence-electron chi connectivity index (χ0n) is 9.09. The average molecular weight is 185 g/mol. The fraction of sp³-hybridized carbons (Fsp3) is 1.00. The van der Waals surface area contributed by atoms with Crippen molar-refractivity contribution in [2.45, 2.75) is 52.1 Å². The van der Waals surface area contributed by atoms with E-state index in [0.29, 0.717) is 6.04 Å². The third-order valence-electron chi connectivity index (χ3n) is 3.39. The predicted octanol–water partition coefficient (Wildman–Crippen LogP) is 1.78. The molecule has 0 aliphatic heterocycles. The Morgan fingerprint density at radius 2 is 2.00 bits per heavy atom. The summed E-state index contributed by atoms with van der Waals surface area (Å²) in [5, 5.41) is 12.4. The molecule has 0 unspecified atom stereocenters. The first-order valence-corrected chi connectivity index (χ1v) is 5.50. The summed E-state index contributed by atoms with van der Waals surface area (Å²) in [6, 6.07) is 0.888. The van der Waals surface area contributed by atoms with E-state index in [9.17, 15) is 0 Å². The van der Waals surface area contributed by atoms with Gasteiger partial charge in [0.25, 0.3) is 0 Å². The van der Waals surface area contributed by atoms with Gasteiger partial charge in [-0.25, -0.2) is 0 Å². The third-order valence-corrected chi connectivity index (χ3v) is 3.39. The highest BCUT2D eigenvalue weighted by molar-refractivity contribution is 4.81. The summed E-state index contributed by atoms with van der Waals surface area (Å²) < 4.78 is 0. The first kappa shape index (κ1) is 11.0. The van der Waals surface area contributed by atoms with E-state index in [1.54, 1.807) is 0 Å². The highest BCUT2D eigenvalue weighted by atomic mass is 16.3. The van der Waals surface area contributed by atoms with E-state index in [4.69, 9.17) is 5.11 Å². The normalized spacial score (nSPS) is 37.4. The second-order valence-electron chi connectivity index (χ2n) is 4.71. The molecule has 0 aromatic heterocycles. The maximum absolute atomic E-state index is 8.92. The van der Waals surface area contributed by atoms with Gasteiger partial charge in [0, 0.05) is 12.1 Å². The molecule has 1 fully saturated rings. The van der Waals surface area contributed by atoms with Crippen LogP contribution >= 0.6 is 0 Å². The second kappa shape index (κ2) is 4.97. The van der Waals surface area contributed by atoms with Gasteiger partial charge in [-0.05, 0) is 38.0 Å². The SMILES string of the molecule is C[C@@H](CO)N[C@@H]1CC[C@H](C)[C@@H](C)C1. The number of aliphatic hydroxyl groups excluding tert-OH is 1. The first-order chi connectivity index (χ1) is 6.13. The molecule has 0 bridgehead atoms. The number of hydrogen-bond acceptors (Lipinski definition) is 2. The first-order valence-electron chi connectivity index (χ1n) is 5.50. The van der Waals surface area contributed by atoms with Crippen LogP contribution in [0.4, 0.5) is 0 Å². The van der Waals surface area contributed by atoms with Crippen LogP contribution in [0.2, 0.25) is 0 Å². The second-order valence-corrected chi connectivity index (χ2v) is 4.71. The summed E-state index contributed by atoms with van der Waals surface area (Å²) in [5.74, 6) is 1.71. The topological polar surface area (TPSA) is 32.3 Å². The van der Waals surface area contributed by atoms with Crippen molar-refractivity contribution >= 4 is 0 Å². The molecule has 78 valence electrons. The summed E-state index contributed by atoms with van der Waals surface area (Å²) >= 11 is 0. The van der Waals surface area contributed by atoms with Crippen LogP contribution in [0, 0.1) is 11.8 Å². The molecule has 1 rings (SSSR count). The number of hydrogen-bond donors (Lipinski definition) is 2. The monoisotopic (exact) mass is 185 g/mol. The van der Waals surface area contributed by atoms with Crippen molar-refractivity contribution in [2.24, 2.45) is 11.8 Å². The summed E-state index contributed by atoms with van der Waals surface area (Å²) in [7, 11) is 0. The summed E-state index contributed by atoms with van der Waals surface area (Å²) in [4.78, 5) is 0. The van der Waals surface area contributed by atoms with Crippen LogP contribution in [-0.4, -0.2) is 23.8 Å². The van der Waals surface area contributed by atoms with Gasteiger partial charge in [-0.2, -0.15) is 0 Å². The highest BCUT2D eigenvalue weighted by Gasteiger charge is 2.24. The van der Waals surface area contributed by atoms with Crippen LogP contribution in [0.1, 0.15) is 40.0 Å². The van der Waals surface area contributed by atoms with Crippen molar-refractivity contribution in [1.82, 2.24) is 5.32 Å². The average Bonchev–Trinajstić information content (AvgIpc) is 2.11. The van der Waals surface area contributed by atoms with Gasteiger partial charge in [-0.1, -0.05) is 13.8 Å².